The minimum absolute atomic E-state index is 0.0512. The number of aryl methyl sites for hydroxylation is 1. The molecule has 0 aliphatic heterocycles. The van der Waals surface area contributed by atoms with Crippen LogP contribution >= 0.6 is 0 Å². The Morgan fingerprint density at radius 3 is 2.67 bits per heavy atom. The largest absolute Gasteiger partial charge is 0.493 e. The van der Waals surface area contributed by atoms with Gasteiger partial charge >= 0.3 is 0 Å². The van der Waals surface area contributed by atoms with E-state index in [1.54, 1.807) is 18.4 Å². The number of hydrogen-bond donors (Lipinski definition) is 0. The molecule has 0 radical (unpaired) electrons. The van der Waals surface area contributed by atoms with E-state index in [-0.39, 0.29) is 5.78 Å². The van der Waals surface area contributed by atoms with Gasteiger partial charge in [0.05, 0.1) is 24.0 Å². The fourth-order valence-corrected chi connectivity index (χ4v) is 1.90. The summed E-state index contributed by atoms with van der Waals surface area (Å²) in [5.74, 6) is 1.28. The van der Waals surface area contributed by atoms with Crippen molar-refractivity contribution in [2.24, 2.45) is 0 Å². The molecule has 0 amide bonds. The Bertz CT molecular complexity index is 540. The molecule has 0 aliphatic carbocycles. The summed E-state index contributed by atoms with van der Waals surface area (Å²) in [6.07, 6.45) is 2.25. The van der Waals surface area contributed by atoms with Gasteiger partial charge in [-0.05, 0) is 25.1 Å². The van der Waals surface area contributed by atoms with Crippen molar-refractivity contribution < 1.29 is 13.9 Å². The highest BCUT2D eigenvalue weighted by atomic mass is 16.5. The predicted molar refractivity (Wildman–Crippen MR) is 69.1 cm³/mol. The topological polar surface area (TPSA) is 39.4 Å². The van der Waals surface area contributed by atoms with Crippen LogP contribution < -0.4 is 4.74 Å². The Hall–Kier alpha value is -2.03. The summed E-state index contributed by atoms with van der Waals surface area (Å²) in [5.41, 5.74) is 1.19. The molecule has 1 aromatic carbocycles. The van der Waals surface area contributed by atoms with Gasteiger partial charge in [-0.2, -0.15) is 0 Å². The maximum atomic E-state index is 12.4. The molecule has 0 N–H and O–H groups in total. The highest BCUT2D eigenvalue weighted by Gasteiger charge is 2.18. The zero-order chi connectivity index (χ0) is 13.0. The molecular formula is C15H16O3. The summed E-state index contributed by atoms with van der Waals surface area (Å²) in [5, 5.41) is 0. The number of furan rings is 1. The van der Waals surface area contributed by atoms with E-state index in [0.717, 1.165) is 0 Å². The number of ketones is 1. The van der Waals surface area contributed by atoms with Crippen LogP contribution in [0.4, 0.5) is 0 Å². The number of carbonyl (C=O) groups is 1. The second-order valence-electron chi connectivity index (χ2n) is 3.87. The Morgan fingerprint density at radius 2 is 1.94 bits per heavy atom. The monoisotopic (exact) mass is 244 g/mol. The molecular weight excluding hydrogens is 228 g/mol. The number of para-hydroxylation sites is 1. The van der Waals surface area contributed by atoms with Crippen LogP contribution in [0, 0.1) is 0 Å². The quantitative estimate of drug-likeness (QED) is 0.756. The van der Waals surface area contributed by atoms with Crippen LogP contribution in [0.1, 0.15) is 35.5 Å². The molecule has 0 saturated heterocycles. The van der Waals surface area contributed by atoms with Gasteiger partial charge in [0.15, 0.2) is 5.78 Å². The zero-order valence-electron chi connectivity index (χ0n) is 10.6. The Labute approximate surface area is 106 Å². The molecule has 94 valence electrons. The minimum atomic E-state index is -0.0512. The molecule has 18 heavy (non-hydrogen) atoms. The van der Waals surface area contributed by atoms with Crippen LogP contribution in [-0.2, 0) is 6.42 Å². The lowest BCUT2D eigenvalue weighted by atomic mass is 10.0. The summed E-state index contributed by atoms with van der Waals surface area (Å²) >= 11 is 0. The van der Waals surface area contributed by atoms with Gasteiger partial charge in [0.1, 0.15) is 11.5 Å². The van der Waals surface area contributed by atoms with Crippen molar-refractivity contribution in [3.63, 3.8) is 0 Å². The van der Waals surface area contributed by atoms with Crippen molar-refractivity contribution >= 4 is 5.78 Å². The summed E-state index contributed by atoms with van der Waals surface area (Å²) in [7, 11) is 0. The first-order chi connectivity index (χ1) is 8.77. The lowest BCUT2D eigenvalue weighted by Gasteiger charge is -2.08. The lowest BCUT2D eigenvalue weighted by Crippen LogP contribution is -2.06. The fraction of sp³-hybridized carbons (Fsp3) is 0.267. The Morgan fingerprint density at radius 1 is 1.17 bits per heavy atom. The number of hydrogen-bond acceptors (Lipinski definition) is 3. The third-order valence-electron chi connectivity index (χ3n) is 2.74. The van der Waals surface area contributed by atoms with Crippen LogP contribution in [0.25, 0.3) is 0 Å². The summed E-state index contributed by atoms with van der Waals surface area (Å²) < 4.78 is 10.8. The number of rotatable bonds is 5. The third-order valence-corrected chi connectivity index (χ3v) is 2.74. The van der Waals surface area contributed by atoms with E-state index in [2.05, 4.69) is 0 Å². The second kappa shape index (κ2) is 5.54. The van der Waals surface area contributed by atoms with E-state index >= 15 is 0 Å². The number of ether oxygens (including phenoxy) is 1. The molecule has 0 atom stereocenters. The Balaban J connectivity index is 2.40. The van der Waals surface area contributed by atoms with Gasteiger partial charge in [0, 0.05) is 6.42 Å². The van der Waals surface area contributed by atoms with E-state index in [9.17, 15) is 4.79 Å². The number of carbonyl (C=O) groups excluding carboxylic acids is 1. The van der Waals surface area contributed by atoms with Gasteiger partial charge in [-0.25, -0.2) is 0 Å². The molecule has 1 heterocycles. The molecule has 2 rings (SSSR count). The van der Waals surface area contributed by atoms with Gasteiger partial charge in [-0.15, -0.1) is 0 Å². The minimum Gasteiger partial charge on any atom is -0.493 e. The van der Waals surface area contributed by atoms with Gasteiger partial charge in [-0.3, -0.25) is 4.79 Å². The van der Waals surface area contributed by atoms with Crippen LogP contribution in [0.15, 0.2) is 41.0 Å². The van der Waals surface area contributed by atoms with Crippen molar-refractivity contribution in [3.8, 4) is 5.75 Å². The predicted octanol–water partition coefficient (Wildman–Crippen LogP) is 3.47. The Kier molecular flexibility index (Phi) is 3.82. The van der Waals surface area contributed by atoms with Crippen molar-refractivity contribution in [1.82, 2.24) is 0 Å². The third kappa shape index (κ3) is 2.30. The van der Waals surface area contributed by atoms with Crippen LogP contribution in [0.2, 0.25) is 0 Å². The van der Waals surface area contributed by atoms with Crippen LogP contribution in [0.3, 0.4) is 0 Å². The maximum absolute atomic E-state index is 12.4. The first-order valence-corrected chi connectivity index (χ1v) is 6.10. The maximum Gasteiger partial charge on any atom is 0.200 e. The summed E-state index contributed by atoms with van der Waals surface area (Å²) in [4.78, 5) is 12.4. The van der Waals surface area contributed by atoms with E-state index in [1.165, 1.54) is 0 Å². The molecule has 3 heteroatoms. The van der Waals surface area contributed by atoms with Gasteiger partial charge in [0.25, 0.3) is 0 Å². The van der Waals surface area contributed by atoms with Crippen LogP contribution in [0.5, 0.6) is 5.75 Å². The normalized spacial score (nSPS) is 10.3. The van der Waals surface area contributed by atoms with E-state index in [4.69, 9.17) is 9.15 Å². The van der Waals surface area contributed by atoms with Crippen LogP contribution in [-0.4, -0.2) is 12.4 Å². The van der Waals surface area contributed by atoms with Crippen molar-refractivity contribution in [2.45, 2.75) is 20.3 Å². The average Bonchev–Trinajstić information content (AvgIpc) is 2.87. The smallest absolute Gasteiger partial charge is 0.200 e. The SMILES string of the molecule is CCOc1ccccc1C(=O)c1ccoc1CC. The van der Waals surface area contributed by atoms with Gasteiger partial charge < -0.3 is 9.15 Å². The van der Waals surface area contributed by atoms with Crippen molar-refractivity contribution in [3.05, 3.63) is 53.5 Å². The summed E-state index contributed by atoms with van der Waals surface area (Å²) in [6, 6.07) is 8.99. The average molecular weight is 244 g/mol. The van der Waals surface area contributed by atoms with Gasteiger partial charge in [-0.1, -0.05) is 19.1 Å². The lowest BCUT2D eigenvalue weighted by molar-refractivity contribution is 0.103. The molecule has 3 nitrogen and oxygen atoms in total. The molecule has 0 aliphatic rings. The molecule has 0 saturated carbocycles. The molecule has 0 fully saturated rings. The number of benzene rings is 1. The van der Waals surface area contributed by atoms with E-state index in [0.29, 0.717) is 35.7 Å². The molecule has 0 unspecified atom stereocenters. The van der Waals surface area contributed by atoms with E-state index < -0.39 is 0 Å². The molecule has 0 bridgehead atoms. The zero-order valence-corrected chi connectivity index (χ0v) is 10.6. The molecule has 0 spiro atoms. The molecule has 1 aromatic heterocycles. The van der Waals surface area contributed by atoms with Crippen molar-refractivity contribution in [2.75, 3.05) is 6.61 Å². The summed E-state index contributed by atoms with van der Waals surface area (Å²) in [6.45, 7) is 4.40. The van der Waals surface area contributed by atoms with Crippen molar-refractivity contribution in [1.29, 1.82) is 0 Å². The second-order valence-corrected chi connectivity index (χ2v) is 3.87. The molecule has 2 aromatic rings. The fourth-order valence-electron chi connectivity index (χ4n) is 1.90. The first kappa shape index (κ1) is 12.4. The van der Waals surface area contributed by atoms with Gasteiger partial charge in [0.2, 0.25) is 0 Å². The first-order valence-electron chi connectivity index (χ1n) is 6.10. The van der Waals surface area contributed by atoms with E-state index in [1.807, 2.05) is 32.0 Å². The standard InChI is InChI=1S/C15H16O3/c1-3-13-12(9-10-18-13)15(16)11-7-5-6-8-14(11)17-4-2/h5-10H,3-4H2,1-2H3. The highest BCUT2D eigenvalue weighted by molar-refractivity contribution is 6.11. The highest BCUT2D eigenvalue weighted by Crippen LogP contribution is 2.23.